The van der Waals surface area contributed by atoms with Crippen LogP contribution in [0.4, 0.5) is 0 Å². The number of benzene rings is 2. The number of halogens is 1. The van der Waals surface area contributed by atoms with E-state index in [0.29, 0.717) is 0 Å². The van der Waals surface area contributed by atoms with Gasteiger partial charge >= 0.3 is 0 Å². The first-order valence-corrected chi connectivity index (χ1v) is 6.38. The van der Waals surface area contributed by atoms with Crippen LogP contribution in [0.1, 0.15) is 11.1 Å². The summed E-state index contributed by atoms with van der Waals surface area (Å²) >= 11 is 3.52. The Morgan fingerprint density at radius 1 is 1.06 bits per heavy atom. The summed E-state index contributed by atoms with van der Waals surface area (Å²) in [4.78, 5) is 0. The number of rotatable bonds is 1. The molecule has 0 radical (unpaired) electrons. The molecule has 2 aromatic carbocycles. The van der Waals surface area contributed by atoms with Crippen molar-refractivity contribution in [3.05, 3.63) is 47.5 Å². The topological polar surface area (TPSA) is 13.1 Å². The molecule has 0 fully saturated rings. The van der Waals surface area contributed by atoms with Crippen LogP contribution in [0.2, 0.25) is 0 Å². The normalized spacial score (nSPS) is 11.4. The van der Waals surface area contributed by atoms with Crippen molar-refractivity contribution < 1.29 is 4.42 Å². The summed E-state index contributed by atoms with van der Waals surface area (Å²) in [5.74, 6) is 0. The fourth-order valence-electron chi connectivity index (χ4n) is 2.06. The number of para-hydroxylation sites is 1. The monoisotopic (exact) mass is 274 g/mol. The van der Waals surface area contributed by atoms with Gasteiger partial charge in [-0.2, -0.15) is 0 Å². The first kappa shape index (κ1) is 9.91. The maximum absolute atomic E-state index is 5.82. The lowest BCUT2D eigenvalue weighted by molar-refractivity contribution is 0.668. The van der Waals surface area contributed by atoms with Gasteiger partial charge in [0.15, 0.2) is 0 Å². The summed E-state index contributed by atoms with van der Waals surface area (Å²) in [5, 5.41) is 3.28. The zero-order chi connectivity index (χ0) is 11.1. The Bertz CT molecular complexity index is 667. The molecule has 0 aliphatic rings. The van der Waals surface area contributed by atoms with Crippen molar-refractivity contribution in [3.63, 3.8) is 0 Å². The van der Waals surface area contributed by atoms with E-state index < -0.39 is 0 Å². The Morgan fingerprint density at radius 3 is 2.69 bits per heavy atom. The third-order valence-corrected chi connectivity index (χ3v) is 3.58. The van der Waals surface area contributed by atoms with Gasteiger partial charge in [0.2, 0.25) is 0 Å². The van der Waals surface area contributed by atoms with E-state index in [1.165, 1.54) is 21.9 Å². The highest BCUT2D eigenvalue weighted by molar-refractivity contribution is 9.08. The SMILES string of the molecule is Cc1cc2oc3ccccc3c2cc1CBr. The Hall–Kier alpha value is -1.28. The van der Waals surface area contributed by atoms with Crippen LogP contribution < -0.4 is 0 Å². The Kier molecular flexibility index (Phi) is 2.25. The Morgan fingerprint density at radius 2 is 1.88 bits per heavy atom. The van der Waals surface area contributed by atoms with Crippen LogP contribution in [-0.4, -0.2) is 0 Å². The zero-order valence-corrected chi connectivity index (χ0v) is 10.5. The van der Waals surface area contributed by atoms with Gasteiger partial charge in [-0.1, -0.05) is 34.1 Å². The zero-order valence-electron chi connectivity index (χ0n) is 8.96. The van der Waals surface area contributed by atoms with Gasteiger partial charge in [0.05, 0.1) is 0 Å². The fraction of sp³-hybridized carbons (Fsp3) is 0.143. The van der Waals surface area contributed by atoms with Gasteiger partial charge in [0, 0.05) is 16.1 Å². The summed E-state index contributed by atoms with van der Waals surface area (Å²) in [6.45, 7) is 2.11. The van der Waals surface area contributed by atoms with Crippen LogP contribution in [0.5, 0.6) is 0 Å². The quantitative estimate of drug-likeness (QED) is 0.582. The van der Waals surface area contributed by atoms with Crippen molar-refractivity contribution >= 4 is 37.9 Å². The molecule has 0 bridgehead atoms. The molecule has 0 N–H and O–H groups in total. The molecule has 1 aromatic heterocycles. The lowest BCUT2D eigenvalue weighted by atomic mass is 10.1. The molecular formula is C14H11BrO. The summed E-state index contributed by atoms with van der Waals surface area (Å²) < 4.78 is 5.82. The number of alkyl halides is 1. The molecule has 0 spiro atoms. The third kappa shape index (κ3) is 1.37. The molecule has 0 atom stereocenters. The molecule has 0 amide bonds. The molecular weight excluding hydrogens is 264 g/mol. The van der Waals surface area contributed by atoms with Gasteiger partial charge in [-0.3, -0.25) is 0 Å². The standard InChI is InChI=1S/C14H11BrO/c1-9-6-14-12(7-10(9)8-15)11-4-2-3-5-13(11)16-14/h2-7H,8H2,1H3. The second kappa shape index (κ2) is 3.63. The van der Waals surface area contributed by atoms with Crippen LogP contribution in [0.25, 0.3) is 21.9 Å². The second-order valence-corrected chi connectivity index (χ2v) is 4.57. The molecule has 3 aromatic rings. The molecule has 0 saturated carbocycles. The van der Waals surface area contributed by atoms with Crippen LogP contribution in [0.3, 0.4) is 0 Å². The van der Waals surface area contributed by atoms with E-state index in [1.807, 2.05) is 18.2 Å². The van der Waals surface area contributed by atoms with E-state index >= 15 is 0 Å². The van der Waals surface area contributed by atoms with E-state index in [9.17, 15) is 0 Å². The molecule has 80 valence electrons. The van der Waals surface area contributed by atoms with Crippen LogP contribution >= 0.6 is 15.9 Å². The minimum atomic E-state index is 0.883. The fourth-order valence-corrected chi connectivity index (χ4v) is 2.67. The van der Waals surface area contributed by atoms with Crippen LogP contribution in [0, 0.1) is 6.92 Å². The van der Waals surface area contributed by atoms with E-state index in [-0.39, 0.29) is 0 Å². The average Bonchev–Trinajstić information content (AvgIpc) is 2.65. The smallest absolute Gasteiger partial charge is 0.135 e. The molecule has 0 aliphatic carbocycles. The van der Waals surface area contributed by atoms with E-state index in [2.05, 4.69) is 41.1 Å². The average molecular weight is 275 g/mol. The first-order chi connectivity index (χ1) is 7.79. The van der Waals surface area contributed by atoms with Crippen molar-refractivity contribution in [1.29, 1.82) is 0 Å². The Labute approximate surface area is 102 Å². The number of hydrogen-bond donors (Lipinski definition) is 0. The van der Waals surface area contributed by atoms with Crippen molar-refractivity contribution in [3.8, 4) is 0 Å². The highest BCUT2D eigenvalue weighted by Crippen LogP contribution is 2.31. The van der Waals surface area contributed by atoms with Crippen molar-refractivity contribution in [2.45, 2.75) is 12.3 Å². The maximum Gasteiger partial charge on any atom is 0.135 e. The Balaban J connectivity index is 2.47. The predicted octanol–water partition coefficient (Wildman–Crippen LogP) is 4.79. The third-order valence-electron chi connectivity index (χ3n) is 2.98. The van der Waals surface area contributed by atoms with E-state index in [1.54, 1.807) is 0 Å². The molecule has 0 saturated heterocycles. The molecule has 16 heavy (non-hydrogen) atoms. The van der Waals surface area contributed by atoms with Crippen molar-refractivity contribution in [2.24, 2.45) is 0 Å². The summed E-state index contributed by atoms with van der Waals surface area (Å²) in [6.07, 6.45) is 0. The van der Waals surface area contributed by atoms with Crippen LogP contribution in [-0.2, 0) is 5.33 Å². The minimum absolute atomic E-state index is 0.883. The number of furan rings is 1. The molecule has 0 unspecified atom stereocenters. The second-order valence-electron chi connectivity index (χ2n) is 4.01. The molecule has 1 heterocycles. The van der Waals surface area contributed by atoms with Gasteiger partial charge < -0.3 is 4.42 Å². The van der Waals surface area contributed by atoms with Crippen LogP contribution in [0.15, 0.2) is 40.8 Å². The summed E-state index contributed by atoms with van der Waals surface area (Å²) in [5.41, 5.74) is 4.52. The number of fused-ring (bicyclic) bond motifs is 3. The lowest BCUT2D eigenvalue weighted by Gasteiger charge is -2.00. The molecule has 0 aliphatic heterocycles. The van der Waals surface area contributed by atoms with Gasteiger partial charge in [-0.15, -0.1) is 0 Å². The first-order valence-electron chi connectivity index (χ1n) is 5.26. The highest BCUT2D eigenvalue weighted by atomic mass is 79.9. The van der Waals surface area contributed by atoms with E-state index in [0.717, 1.165) is 16.5 Å². The van der Waals surface area contributed by atoms with Gasteiger partial charge in [-0.25, -0.2) is 0 Å². The maximum atomic E-state index is 5.82. The largest absolute Gasteiger partial charge is 0.456 e. The van der Waals surface area contributed by atoms with Gasteiger partial charge in [0.1, 0.15) is 11.2 Å². The van der Waals surface area contributed by atoms with Gasteiger partial charge in [-0.05, 0) is 36.2 Å². The number of aryl methyl sites for hydroxylation is 1. The predicted molar refractivity (Wildman–Crippen MR) is 71.1 cm³/mol. The van der Waals surface area contributed by atoms with Crippen molar-refractivity contribution in [2.75, 3.05) is 0 Å². The summed E-state index contributed by atoms with van der Waals surface area (Å²) in [7, 11) is 0. The molecule has 3 rings (SSSR count). The lowest BCUT2D eigenvalue weighted by Crippen LogP contribution is -1.83. The van der Waals surface area contributed by atoms with Gasteiger partial charge in [0.25, 0.3) is 0 Å². The van der Waals surface area contributed by atoms with Crippen molar-refractivity contribution in [1.82, 2.24) is 0 Å². The highest BCUT2D eigenvalue weighted by Gasteiger charge is 2.08. The minimum Gasteiger partial charge on any atom is -0.456 e. The molecule has 1 nitrogen and oxygen atoms in total. The molecule has 2 heteroatoms. The summed E-state index contributed by atoms with van der Waals surface area (Å²) in [6, 6.07) is 12.5. The number of hydrogen-bond acceptors (Lipinski definition) is 1. The van der Waals surface area contributed by atoms with E-state index in [4.69, 9.17) is 4.42 Å².